The standard InChI is InChI=1S/C13H20N2O2/c1-3-4-5-6-9-17-13-11(12(14)16)8-7-10(2)15-13/h7-8H,3-6,9H2,1-2H3,(H2,14,16). The number of aromatic nitrogens is 1. The van der Waals surface area contributed by atoms with E-state index in [4.69, 9.17) is 10.5 Å². The Bertz CT molecular complexity index is 378. The maximum Gasteiger partial charge on any atom is 0.254 e. The maximum absolute atomic E-state index is 11.2. The van der Waals surface area contributed by atoms with Crippen LogP contribution in [0.2, 0.25) is 0 Å². The monoisotopic (exact) mass is 236 g/mol. The van der Waals surface area contributed by atoms with Crippen molar-refractivity contribution in [2.45, 2.75) is 39.5 Å². The van der Waals surface area contributed by atoms with Crippen molar-refractivity contribution in [2.24, 2.45) is 5.73 Å². The predicted octanol–water partition coefficient (Wildman–Crippen LogP) is 2.45. The van der Waals surface area contributed by atoms with Gasteiger partial charge in [-0.2, -0.15) is 0 Å². The summed E-state index contributed by atoms with van der Waals surface area (Å²) in [7, 11) is 0. The predicted molar refractivity (Wildman–Crippen MR) is 67.1 cm³/mol. The van der Waals surface area contributed by atoms with Crippen molar-refractivity contribution >= 4 is 5.91 Å². The molecule has 0 radical (unpaired) electrons. The number of rotatable bonds is 7. The molecule has 0 atom stereocenters. The molecular weight excluding hydrogens is 216 g/mol. The highest BCUT2D eigenvalue weighted by atomic mass is 16.5. The smallest absolute Gasteiger partial charge is 0.254 e. The Morgan fingerprint density at radius 3 is 2.76 bits per heavy atom. The van der Waals surface area contributed by atoms with E-state index in [1.165, 1.54) is 12.8 Å². The minimum Gasteiger partial charge on any atom is -0.477 e. The van der Waals surface area contributed by atoms with Gasteiger partial charge in [-0.05, 0) is 25.5 Å². The first-order valence-corrected chi connectivity index (χ1v) is 6.05. The Balaban J connectivity index is 2.56. The van der Waals surface area contributed by atoms with Crippen LogP contribution >= 0.6 is 0 Å². The van der Waals surface area contributed by atoms with Crippen LogP contribution in [0.5, 0.6) is 5.88 Å². The Hall–Kier alpha value is -1.58. The maximum atomic E-state index is 11.2. The molecule has 1 aromatic rings. The number of primary amides is 1. The van der Waals surface area contributed by atoms with Gasteiger partial charge in [-0.3, -0.25) is 4.79 Å². The molecular formula is C13H20N2O2. The van der Waals surface area contributed by atoms with Gasteiger partial charge in [-0.25, -0.2) is 4.98 Å². The second kappa shape index (κ2) is 6.89. The summed E-state index contributed by atoms with van der Waals surface area (Å²) in [6.45, 7) is 4.60. The molecule has 2 N–H and O–H groups in total. The Morgan fingerprint density at radius 2 is 2.12 bits per heavy atom. The van der Waals surface area contributed by atoms with Gasteiger partial charge in [0.25, 0.3) is 5.91 Å². The second-order valence-corrected chi connectivity index (χ2v) is 4.08. The molecule has 0 saturated carbocycles. The molecule has 4 nitrogen and oxygen atoms in total. The molecule has 1 rings (SSSR count). The molecule has 0 aliphatic carbocycles. The van der Waals surface area contributed by atoms with Crippen molar-refractivity contribution in [3.8, 4) is 5.88 Å². The zero-order valence-corrected chi connectivity index (χ0v) is 10.5. The molecule has 4 heteroatoms. The van der Waals surface area contributed by atoms with Crippen molar-refractivity contribution in [3.63, 3.8) is 0 Å². The fourth-order valence-electron chi connectivity index (χ4n) is 1.53. The number of pyridine rings is 1. The minimum absolute atomic E-state index is 0.353. The number of carbonyl (C=O) groups excluding carboxylic acids is 1. The van der Waals surface area contributed by atoms with E-state index in [9.17, 15) is 4.79 Å². The summed E-state index contributed by atoms with van der Waals surface area (Å²) in [4.78, 5) is 15.4. The number of amides is 1. The molecule has 0 aliphatic heterocycles. The highest BCUT2D eigenvalue weighted by Crippen LogP contribution is 2.16. The Kier molecular flexibility index (Phi) is 5.46. The topological polar surface area (TPSA) is 65.2 Å². The number of ether oxygens (including phenoxy) is 1. The largest absolute Gasteiger partial charge is 0.477 e. The lowest BCUT2D eigenvalue weighted by Crippen LogP contribution is -2.14. The highest BCUT2D eigenvalue weighted by molar-refractivity contribution is 5.95. The van der Waals surface area contributed by atoms with Crippen LogP contribution in [0.1, 0.15) is 48.7 Å². The zero-order chi connectivity index (χ0) is 12.7. The average molecular weight is 236 g/mol. The second-order valence-electron chi connectivity index (χ2n) is 4.08. The Labute approximate surface area is 102 Å². The first kappa shape index (κ1) is 13.5. The zero-order valence-electron chi connectivity index (χ0n) is 10.5. The minimum atomic E-state index is -0.499. The van der Waals surface area contributed by atoms with Crippen LogP contribution in [0, 0.1) is 6.92 Å². The van der Waals surface area contributed by atoms with Crippen molar-refractivity contribution < 1.29 is 9.53 Å². The number of unbranched alkanes of at least 4 members (excludes halogenated alkanes) is 3. The summed E-state index contributed by atoms with van der Waals surface area (Å²) in [5.41, 5.74) is 6.43. The molecule has 0 bridgehead atoms. The highest BCUT2D eigenvalue weighted by Gasteiger charge is 2.10. The molecule has 0 unspecified atom stereocenters. The van der Waals surface area contributed by atoms with Gasteiger partial charge in [-0.15, -0.1) is 0 Å². The lowest BCUT2D eigenvalue weighted by Gasteiger charge is -2.08. The van der Waals surface area contributed by atoms with E-state index in [1.807, 2.05) is 6.92 Å². The summed E-state index contributed by atoms with van der Waals surface area (Å²) in [6, 6.07) is 3.41. The molecule has 17 heavy (non-hydrogen) atoms. The summed E-state index contributed by atoms with van der Waals surface area (Å²) in [6.07, 6.45) is 4.50. The normalized spacial score (nSPS) is 10.2. The number of aryl methyl sites for hydroxylation is 1. The van der Waals surface area contributed by atoms with Crippen molar-refractivity contribution in [2.75, 3.05) is 6.61 Å². The molecule has 1 amide bonds. The molecule has 1 heterocycles. The summed E-state index contributed by atoms with van der Waals surface area (Å²) >= 11 is 0. The van der Waals surface area contributed by atoms with Gasteiger partial charge in [0.1, 0.15) is 5.56 Å². The van der Waals surface area contributed by atoms with Gasteiger partial charge in [0.15, 0.2) is 0 Å². The third-order valence-corrected chi connectivity index (χ3v) is 2.50. The molecule has 1 aromatic heterocycles. The van der Waals surface area contributed by atoms with Crippen LogP contribution < -0.4 is 10.5 Å². The number of hydrogen-bond donors (Lipinski definition) is 1. The Morgan fingerprint density at radius 1 is 1.35 bits per heavy atom. The first-order chi connectivity index (χ1) is 8.15. The summed E-state index contributed by atoms with van der Waals surface area (Å²) in [5.74, 6) is -0.143. The van der Waals surface area contributed by atoms with Crippen LogP contribution in [0.15, 0.2) is 12.1 Å². The third kappa shape index (κ3) is 4.43. The van der Waals surface area contributed by atoms with Gasteiger partial charge in [0.05, 0.1) is 6.61 Å². The van der Waals surface area contributed by atoms with Crippen LogP contribution in [0.25, 0.3) is 0 Å². The van der Waals surface area contributed by atoms with Crippen molar-refractivity contribution in [1.29, 1.82) is 0 Å². The van der Waals surface area contributed by atoms with Crippen LogP contribution in [0.4, 0.5) is 0 Å². The average Bonchev–Trinajstić information content (AvgIpc) is 2.28. The quantitative estimate of drug-likeness (QED) is 0.739. The first-order valence-electron chi connectivity index (χ1n) is 6.05. The molecule has 0 fully saturated rings. The lowest BCUT2D eigenvalue weighted by atomic mass is 10.2. The molecule has 0 aliphatic rings. The lowest BCUT2D eigenvalue weighted by molar-refractivity contribution is 0.0995. The van der Waals surface area contributed by atoms with E-state index >= 15 is 0 Å². The van der Waals surface area contributed by atoms with Crippen molar-refractivity contribution in [1.82, 2.24) is 4.98 Å². The van der Waals surface area contributed by atoms with E-state index in [0.717, 1.165) is 18.5 Å². The number of hydrogen-bond acceptors (Lipinski definition) is 3. The van der Waals surface area contributed by atoms with E-state index in [0.29, 0.717) is 18.1 Å². The number of carbonyl (C=O) groups is 1. The van der Waals surface area contributed by atoms with E-state index in [1.54, 1.807) is 12.1 Å². The third-order valence-electron chi connectivity index (χ3n) is 2.50. The molecule has 0 aromatic carbocycles. The molecule has 0 saturated heterocycles. The van der Waals surface area contributed by atoms with E-state index < -0.39 is 5.91 Å². The fraction of sp³-hybridized carbons (Fsp3) is 0.538. The van der Waals surface area contributed by atoms with Crippen LogP contribution in [0.3, 0.4) is 0 Å². The van der Waals surface area contributed by atoms with Crippen LogP contribution in [-0.2, 0) is 0 Å². The number of nitrogens with zero attached hydrogens (tertiary/aromatic N) is 1. The van der Waals surface area contributed by atoms with Crippen LogP contribution in [-0.4, -0.2) is 17.5 Å². The van der Waals surface area contributed by atoms with Gasteiger partial charge < -0.3 is 10.5 Å². The number of nitrogens with two attached hydrogens (primary N) is 1. The van der Waals surface area contributed by atoms with Crippen molar-refractivity contribution in [3.05, 3.63) is 23.4 Å². The van der Waals surface area contributed by atoms with Gasteiger partial charge in [0, 0.05) is 5.69 Å². The molecule has 0 spiro atoms. The SMILES string of the molecule is CCCCCCOc1nc(C)ccc1C(N)=O. The van der Waals surface area contributed by atoms with Gasteiger partial charge >= 0.3 is 0 Å². The van der Waals surface area contributed by atoms with Gasteiger partial charge in [-0.1, -0.05) is 26.2 Å². The summed E-state index contributed by atoms with van der Waals surface area (Å²) < 4.78 is 5.51. The fourth-order valence-corrected chi connectivity index (χ4v) is 1.53. The van der Waals surface area contributed by atoms with E-state index in [-0.39, 0.29) is 0 Å². The summed E-state index contributed by atoms with van der Waals surface area (Å²) in [5, 5.41) is 0. The van der Waals surface area contributed by atoms with E-state index in [2.05, 4.69) is 11.9 Å². The van der Waals surface area contributed by atoms with Gasteiger partial charge in [0.2, 0.25) is 5.88 Å². The molecule has 94 valence electrons.